The highest BCUT2D eigenvalue weighted by Gasteiger charge is 2.35. The summed E-state index contributed by atoms with van der Waals surface area (Å²) in [4.78, 5) is 99.8. The zero-order valence-corrected chi connectivity index (χ0v) is 43.9. The molecule has 77 heavy (non-hydrogen) atoms. The van der Waals surface area contributed by atoms with E-state index in [0.29, 0.717) is 133 Å². The lowest BCUT2D eigenvalue weighted by atomic mass is 9.86. The molecule has 3 saturated carbocycles. The highest BCUT2D eigenvalue weighted by atomic mass is 16.6. The number of carbonyl (C=O) groups is 8. The first-order valence-electron chi connectivity index (χ1n) is 27.1. The fraction of sp³-hybridized carbons (Fsp3) is 0.500. The lowest BCUT2D eigenvalue weighted by Crippen LogP contribution is -2.33. The summed E-state index contributed by atoms with van der Waals surface area (Å²) in [6.45, 7) is 8.54. The molecule has 0 aromatic heterocycles. The second-order valence-corrected chi connectivity index (χ2v) is 19.6. The first-order chi connectivity index (χ1) is 37.4. The predicted molar refractivity (Wildman–Crippen MR) is 280 cm³/mol. The van der Waals surface area contributed by atoms with E-state index < -0.39 is 41.9 Å². The molecule has 0 atom stereocenters. The van der Waals surface area contributed by atoms with Crippen LogP contribution in [0, 0.1) is 17.8 Å². The third-order valence-electron chi connectivity index (χ3n) is 14.0. The fourth-order valence-electron chi connectivity index (χ4n) is 9.48. The van der Waals surface area contributed by atoms with E-state index in [4.69, 9.17) is 42.6 Å². The van der Waals surface area contributed by atoms with E-state index >= 15 is 0 Å². The standard InChI is InChI=1S/C60H72O17/c1-3-54(62)71-37-11-7-5-9-35-69-46-21-13-41(14-22-46)56(64)73-48-23-15-42(16-24-48)57(65)74-49-25-17-44(18-26-49)59(67)77-52-33-34-53(45(39-52)40-61)60(68)76-50-27-19-43(20-28-50)58(66)75-51-31-29-47(30-32-51)70-36-10-6-8-12-38-72-55(63)4-2/h3-4,13-14,21-22,29-34,39-40,42-44,48-50H,1-2,5-12,15-20,23-28,35-38H2. The van der Waals surface area contributed by atoms with Crippen molar-refractivity contribution < 1.29 is 81.0 Å². The molecular weight excluding hydrogens is 993 g/mol. The minimum Gasteiger partial charge on any atom is -0.494 e. The molecule has 0 spiro atoms. The Kier molecular flexibility index (Phi) is 24.3. The van der Waals surface area contributed by atoms with E-state index in [1.54, 1.807) is 48.5 Å². The number of rotatable bonds is 29. The number of carbonyl (C=O) groups excluding carboxylic acids is 8. The summed E-state index contributed by atoms with van der Waals surface area (Å²) in [5, 5.41) is 0. The van der Waals surface area contributed by atoms with Gasteiger partial charge in [-0.15, -0.1) is 0 Å². The second kappa shape index (κ2) is 31.7. The molecule has 0 radical (unpaired) electrons. The number of hydrogen-bond donors (Lipinski definition) is 0. The molecule has 0 saturated heterocycles. The quantitative estimate of drug-likeness (QED) is 0.0158. The average Bonchev–Trinajstić information content (AvgIpc) is 3.45. The van der Waals surface area contributed by atoms with Crippen LogP contribution in [0.25, 0.3) is 0 Å². The zero-order valence-electron chi connectivity index (χ0n) is 43.9. The van der Waals surface area contributed by atoms with Crippen molar-refractivity contribution in [2.75, 3.05) is 26.4 Å². The molecule has 0 amide bonds. The maximum atomic E-state index is 13.2. The first kappa shape index (κ1) is 59.0. The topological polar surface area (TPSA) is 220 Å². The molecule has 414 valence electrons. The Balaban J connectivity index is 0.815. The molecule has 3 aliphatic rings. The Hall–Kier alpha value is -7.30. The third kappa shape index (κ3) is 20.0. The van der Waals surface area contributed by atoms with Gasteiger partial charge in [0, 0.05) is 17.7 Å². The molecule has 0 N–H and O–H groups in total. The van der Waals surface area contributed by atoms with Gasteiger partial charge in [0.15, 0.2) is 6.29 Å². The summed E-state index contributed by atoms with van der Waals surface area (Å²) in [5.74, 6) is -2.38. The largest absolute Gasteiger partial charge is 0.494 e. The molecule has 3 aliphatic carbocycles. The van der Waals surface area contributed by atoms with E-state index in [2.05, 4.69) is 13.2 Å². The Morgan fingerprint density at radius 2 is 0.818 bits per heavy atom. The van der Waals surface area contributed by atoms with Gasteiger partial charge in [0.1, 0.15) is 41.3 Å². The highest BCUT2D eigenvalue weighted by Crippen LogP contribution is 2.34. The summed E-state index contributed by atoms with van der Waals surface area (Å²) in [6.07, 6.45) is 14.4. The molecule has 0 bridgehead atoms. The fourth-order valence-corrected chi connectivity index (χ4v) is 9.48. The van der Waals surface area contributed by atoms with Crippen LogP contribution < -0.4 is 18.9 Å². The van der Waals surface area contributed by atoms with Crippen LogP contribution in [0.5, 0.6) is 23.0 Å². The van der Waals surface area contributed by atoms with Gasteiger partial charge in [-0.3, -0.25) is 19.2 Å². The van der Waals surface area contributed by atoms with Crippen molar-refractivity contribution in [3.63, 3.8) is 0 Å². The van der Waals surface area contributed by atoms with Crippen molar-refractivity contribution in [1.29, 1.82) is 0 Å². The van der Waals surface area contributed by atoms with Gasteiger partial charge < -0.3 is 42.6 Å². The molecule has 17 heteroatoms. The van der Waals surface area contributed by atoms with Crippen LogP contribution in [-0.4, -0.2) is 92.8 Å². The Bertz CT molecular complexity index is 2440. The van der Waals surface area contributed by atoms with Gasteiger partial charge in [0.05, 0.1) is 55.3 Å². The highest BCUT2D eigenvalue weighted by molar-refractivity contribution is 5.99. The Labute approximate surface area is 450 Å². The number of aldehydes is 1. The molecule has 6 rings (SSSR count). The molecule has 3 aromatic carbocycles. The van der Waals surface area contributed by atoms with Crippen LogP contribution in [0.4, 0.5) is 0 Å². The minimum absolute atomic E-state index is 0.0111. The van der Waals surface area contributed by atoms with Crippen molar-refractivity contribution in [3.8, 4) is 23.0 Å². The van der Waals surface area contributed by atoms with Crippen molar-refractivity contribution in [3.05, 3.63) is 109 Å². The van der Waals surface area contributed by atoms with Crippen LogP contribution in [0.3, 0.4) is 0 Å². The summed E-state index contributed by atoms with van der Waals surface area (Å²) in [6, 6.07) is 17.8. The normalized spacial score (nSPS) is 19.9. The van der Waals surface area contributed by atoms with Crippen molar-refractivity contribution in [2.45, 2.75) is 147 Å². The van der Waals surface area contributed by atoms with Gasteiger partial charge in [-0.05, 0) is 195 Å². The van der Waals surface area contributed by atoms with Crippen molar-refractivity contribution in [2.24, 2.45) is 17.8 Å². The molecular formula is C60H72O17. The average molecular weight is 1070 g/mol. The van der Waals surface area contributed by atoms with Gasteiger partial charge in [0.2, 0.25) is 0 Å². The van der Waals surface area contributed by atoms with E-state index in [1.807, 2.05) is 0 Å². The lowest BCUT2D eigenvalue weighted by molar-refractivity contribution is -0.158. The molecule has 0 heterocycles. The molecule has 3 fully saturated rings. The molecule has 0 unspecified atom stereocenters. The minimum atomic E-state index is -0.693. The SMILES string of the molecule is C=CC(=O)OCCCCCCOc1ccc(OC(=O)C2CCC(OC(=O)c3ccc(OC(=O)C4CCC(OC(=O)C5CCC(OC(=O)c6ccc(OCCCCCCOC(=O)C=C)cc6)CC5)CC4)cc3C=O)CC2)cc1. The Morgan fingerprint density at radius 3 is 1.29 bits per heavy atom. The number of esters is 7. The van der Waals surface area contributed by atoms with Gasteiger partial charge in [-0.25, -0.2) is 19.2 Å². The van der Waals surface area contributed by atoms with E-state index in [0.717, 1.165) is 63.5 Å². The number of unbranched alkanes of at least 4 members (excludes halogenated alkanes) is 6. The van der Waals surface area contributed by atoms with Crippen LogP contribution >= 0.6 is 0 Å². The third-order valence-corrected chi connectivity index (χ3v) is 14.0. The zero-order chi connectivity index (χ0) is 54.8. The number of hydrogen-bond acceptors (Lipinski definition) is 17. The smallest absolute Gasteiger partial charge is 0.339 e. The molecule has 0 aliphatic heterocycles. The summed E-state index contributed by atoms with van der Waals surface area (Å²) in [7, 11) is 0. The maximum absolute atomic E-state index is 13.2. The second-order valence-electron chi connectivity index (χ2n) is 19.6. The van der Waals surface area contributed by atoms with Gasteiger partial charge >= 0.3 is 41.8 Å². The number of benzene rings is 3. The van der Waals surface area contributed by atoms with Crippen LogP contribution in [0.15, 0.2) is 92.0 Å². The Morgan fingerprint density at radius 1 is 0.429 bits per heavy atom. The van der Waals surface area contributed by atoms with Crippen LogP contribution in [-0.2, 0) is 47.7 Å². The van der Waals surface area contributed by atoms with Crippen LogP contribution in [0.2, 0.25) is 0 Å². The lowest BCUT2D eigenvalue weighted by Gasteiger charge is -2.31. The first-order valence-corrected chi connectivity index (χ1v) is 27.1. The van der Waals surface area contributed by atoms with E-state index in [1.165, 1.54) is 18.2 Å². The van der Waals surface area contributed by atoms with Gasteiger partial charge in [-0.1, -0.05) is 13.2 Å². The van der Waals surface area contributed by atoms with Crippen molar-refractivity contribution in [1.82, 2.24) is 0 Å². The maximum Gasteiger partial charge on any atom is 0.339 e. The van der Waals surface area contributed by atoms with Gasteiger partial charge in [-0.2, -0.15) is 0 Å². The summed E-state index contributed by atoms with van der Waals surface area (Å²) >= 11 is 0. The monoisotopic (exact) mass is 1060 g/mol. The van der Waals surface area contributed by atoms with Crippen LogP contribution in [0.1, 0.15) is 159 Å². The van der Waals surface area contributed by atoms with Crippen molar-refractivity contribution >= 4 is 48.1 Å². The summed E-state index contributed by atoms with van der Waals surface area (Å²) in [5.41, 5.74) is 0.460. The predicted octanol–water partition coefficient (Wildman–Crippen LogP) is 10.6. The van der Waals surface area contributed by atoms with E-state index in [9.17, 15) is 38.4 Å². The van der Waals surface area contributed by atoms with Gasteiger partial charge in [0.25, 0.3) is 0 Å². The number of ether oxygens (including phenoxy) is 9. The summed E-state index contributed by atoms with van der Waals surface area (Å²) < 4.78 is 50.2. The van der Waals surface area contributed by atoms with E-state index in [-0.39, 0.29) is 52.9 Å². The molecule has 17 nitrogen and oxygen atoms in total. The molecule has 3 aromatic rings.